The zero-order chi connectivity index (χ0) is 11.1. The lowest BCUT2D eigenvalue weighted by atomic mass is 10.0. The Hall–Kier alpha value is -1.09. The lowest BCUT2D eigenvalue weighted by molar-refractivity contribution is -0.129. The van der Waals surface area contributed by atoms with Gasteiger partial charge in [0.1, 0.15) is 0 Å². The van der Waals surface area contributed by atoms with Crippen molar-refractivity contribution in [3.8, 4) is 0 Å². The van der Waals surface area contributed by atoms with E-state index in [9.17, 15) is 4.79 Å². The molecule has 1 heterocycles. The van der Waals surface area contributed by atoms with Crippen LogP contribution < -0.4 is 5.73 Å². The first kappa shape index (κ1) is 12.0. The number of amides is 1. The third-order valence-electron chi connectivity index (χ3n) is 2.72. The van der Waals surface area contributed by atoms with Gasteiger partial charge in [-0.25, -0.2) is 0 Å². The standard InChI is InChI=1S/C12H20N2O/c1-2-3-4-8-12(15)14-9-6-5-7-11(14)10-13/h2-4,8,11H,5-7,9-10,13H2,1H3. The number of rotatable bonds is 3. The van der Waals surface area contributed by atoms with E-state index in [-0.39, 0.29) is 11.9 Å². The molecule has 0 radical (unpaired) electrons. The van der Waals surface area contributed by atoms with Crippen molar-refractivity contribution in [1.82, 2.24) is 4.90 Å². The van der Waals surface area contributed by atoms with Crippen molar-refractivity contribution in [1.29, 1.82) is 0 Å². The molecule has 0 spiro atoms. The molecule has 84 valence electrons. The maximum Gasteiger partial charge on any atom is 0.246 e. The minimum absolute atomic E-state index is 0.0863. The Morgan fingerprint density at radius 1 is 1.47 bits per heavy atom. The highest BCUT2D eigenvalue weighted by Gasteiger charge is 2.23. The highest BCUT2D eigenvalue weighted by molar-refractivity contribution is 5.88. The van der Waals surface area contributed by atoms with Crippen molar-refractivity contribution in [2.45, 2.75) is 32.2 Å². The van der Waals surface area contributed by atoms with Gasteiger partial charge in [0.25, 0.3) is 0 Å². The number of nitrogens with zero attached hydrogens (tertiary/aromatic N) is 1. The Balaban J connectivity index is 2.55. The van der Waals surface area contributed by atoms with Crippen LogP contribution in [0.4, 0.5) is 0 Å². The van der Waals surface area contributed by atoms with Crippen molar-refractivity contribution in [2.75, 3.05) is 13.1 Å². The molecule has 0 aliphatic carbocycles. The van der Waals surface area contributed by atoms with Gasteiger partial charge in [0.2, 0.25) is 5.91 Å². The molecule has 15 heavy (non-hydrogen) atoms. The average Bonchev–Trinajstić information content (AvgIpc) is 2.29. The fourth-order valence-electron chi connectivity index (χ4n) is 1.88. The van der Waals surface area contributed by atoms with Gasteiger partial charge < -0.3 is 10.6 Å². The normalized spacial score (nSPS) is 22.8. The summed E-state index contributed by atoms with van der Waals surface area (Å²) in [6.45, 7) is 3.35. The van der Waals surface area contributed by atoms with E-state index in [4.69, 9.17) is 5.73 Å². The first-order chi connectivity index (χ1) is 7.29. The van der Waals surface area contributed by atoms with Gasteiger partial charge >= 0.3 is 0 Å². The van der Waals surface area contributed by atoms with E-state index in [1.54, 1.807) is 12.2 Å². The summed E-state index contributed by atoms with van der Waals surface area (Å²) in [5.41, 5.74) is 5.65. The van der Waals surface area contributed by atoms with Crippen LogP contribution in [0.15, 0.2) is 24.3 Å². The van der Waals surface area contributed by atoms with E-state index in [0.29, 0.717) is 6.54 Å². The number of hydrogen-bond acceptors (Lipinski definition) is 2. The Labute approximate surface area is 91.6 Å². The van der Waals surface area contributed by atoms with E-state index in [1.807, 2.05) is 24.0 Å². The summed E-state index contributed by atoms with van der Waals surface area (Å²) >= 11 is 0. The van der Waals surface area contributed by atoms with Gasteiger partial charge in [0.15, 0.2) is 0 Å². The Bertz CT molecular complexity index is 258. The van der Waals surface area contributed by atoms with Gasteiger partial charge in [0.05, 0.1) is 0 Å². The molecule has 0 bridgehead atoms. The number of likely N-dealkylation sites (tertiary alicyclic amines) is 1. The van der Waals surface area contributed by atoms with Crippen LogP contribution in [-0.4, -0.2) is 29.9 Å². The number of piperidine rings is 1. The van der Waals surface area contributed by atoms with Gasteiger partial charge in [-0.05, 0) is 26.2 Å². The predicted molar refractivity (Wildman–Crippen MR) is 62.4 cm³/mol. The molecule has 1 amide bonds. The Kier molecular flexibility index (Phi) is 5.12. The molecule has 0 saturated carbocycles. The summed E-state index contributed by atoms with van der Waals surface area (Å²) in [5, 5.41) is 0. The number of allylic oxidation sites excluding steroid dienone is 3. The minimum Gasteiger partial charge on any atom is -0.335 e. The molecule has 0 aromatic rings. The van der Waals surface area contributed by atoms with E-state index < -0.39 is 0 Å². The Morgan fingerprint density at radius 3 is 2.93 bits per heavy atom. The highest BCUT2D eigenvalue weighted by Crippen LogP contribution is 2.16. The molecule has 1 unspecified atom stereocenters. The third-order valence-corrected chi connectivity index (χ3v) is 2.72. The second kappa shape index (κ2) is 6.40. The van der Waals surface area contributed by atoms with E-state index in [2.05, 4.69) is 0 Å². The fraction of sp³-hybridized carbons (Fsp3) is 0.583. The van der Waals surface area contributed by atoms with E-state index >= 15 is 0 Å². The Morgan fingerprint density at radius 2 is 2.27 bits per heavy atom. The maximum atomic E-state index is 11.8. The zero-order valence-electron chi connectivity index (χ0n) is 9.36. The van der Waals surface area contributed by atoms with Crippen LogP contribution in [0.2, 0.25) is 0 Å². The van der Waals surface area contributed by atoms with Gasteiger partial charge in [-0.3, -0.25) is 4.79 Å². The topological polar surface area (TPSA) is 46.3 Å². The van der Waals surface area contributed by atoms with Crippen molar-refractivity contribution in [2.24, 2.45) is 5.73 Å². The molecule has 1 aliphatic heterocycles. The van der Waals surface area contributed by atoms with Crippen LogP contribution in [-0.2, 0) is 4.79 Å². The molecule has 3 heteroatoms. The summed E-state index contributed by atoms with van der Waals surface area (Å²) in [7, 11) is 0. The predicted octanol–water partition coefficient (Wildman–Crippen LogP) is 1.46. The van der Waals surface area contributed by atoms with Crippen LogP contribution in [0.25, 0.3) is 0 Å². The van der Waals surface area contributed by atoms with Gasteiger partial charge in [0, 0.05) is 25.2 Å². The lowest BCUT2D eigenvalue weighted by Crippen LogP contribution is -2.46. The SMILES string of the molecule is CC=CC=CC(=O)N1CCCCC1CN. The minimum atomic E-state index is 0.0863. The van der Waals surface area contributed by atoms with Crippen molar-refractivity contribution < 1.29 is 4.79 Å². The molecule has 1 aliphatic rings. The molecule has 3 nitrogen and oxygen atoms in total. The van der Waals surface area contributed by atoms with Crippen LogP contribution in [0.3, 0.4) is 0 Å². The molecule has 2 N–H and O–H groups in total. The molecular weight excluding hydrogens is 188 g/mol. The van der Waals surface area contributed by atoms with E-state index in [0.717, 1.165) is 19.4 Å². The smallest absolute Gasteiger partial charge is 0.246 e. The molecule has 0 aromatic carbocycles. The quantitative estimate of drug-likeness (QED) is 0.564. The summed E-state index contributed by atoms with van der Waals surface area (Å²) in [6, 6.07) is 0.238. The summed E-state index contributed by atoms with van der Waals surface area (Å²) in [4.78, 5) is 13.7. The molecule has 1 fully saturated rings. The van der Waals surface area contributed by atoms with Crippen molar-refractivity contribution in [3.63, 3.8) is 0 Å². The third kappa shape index (κ3) is 3.51. The van der Waals surface area contributed by atoms with Gasteiger partial charge in [-0.15, -0.1) is 0 Å². The molecule has 1 rings (SSSR count). The summed E-state index contributed by atoms with van der Waals surface area (Å²) in [5.74, 6) is 0.0863. The van der Waals surface area contributed by atoms with Gasteiger partial charge in [-0.1, -0.05) is 18.2 Å². The fourth-order valence-corrected chi connectivity index (χ4v) is 1.88. The molecule has 0 aromatic heterocycles. The largest absolute Gasteiger partial charge is 0.335 e. The zero-order valence-corrected chi connectivity index (χ0v) is 9.36. The average molecular weight is 208 g/mol. The molecule has 1 saturated heterocycles. The molecule has 1 atom stereocenters. The van der Waals surface area contributed by atoms with Crippen LogP contribution >= 0.6 is 0 Å². The van der Waals surface area contributed by atoms with E-state index in [1.165, 1.54) is 6.42 Å². The second-order valence-electron chi connectivity index (χ2n) is 3.80. The number of carbonyl (C=O) groups is 1. The van der Waals surface area contributed by atoms with Crippen LogP contribution in [0.5, 0.6) is 0 Å². The first-order valence-corrected chi connectivity index (χ1v) is 5.59. The summed E-state index contributed by atoms with van der Waals surface area (Å²) in [6.07, 6.45) is 10.5. The first-order valence-electron chi connectivity index (χ1n) is 5.59. The van der Waals surface area contributed by atoms with Gasteiger partial charge in [-0.2, -0.15) is 0 Å². The van der Waals surface area contributed by atoms with Crippen molar-refractivity contribution in [3.05, 3.63) is 24.3 Å². The number of hydrogen-bond donors (Lipinski definition) is 1. The van der Waals surface area contributed by atoms with Crippen LogP contribution in [0, 0.1) is 0 Å². The number of nitrogens with two attached hydrogens (primary N) is 1. The number of carbonyl (C=O) groups excluding carboxylic acids is 1. The monoisotopic (exact) mass is 208 g/mol. The second-order valence-corrected chi connectivity index (χ2v) is 3.80. The lowest BCUT2D eigenvalue weighted by Gasteiger charge is -2.34. The van der Waals surface area contributed by atoms with Crippen molar-refractivity contribution >= 4 is 5.91 Å². The maximum absolute atomic E-state index is 11.8. The summed E-state index contributed by atoms with van der Waals surface area (Å²) < 4.78 is 0. The van der Waals surface area contributed by atoms with Crippen LogP contribution in [0.1, 0.15) is 26.2 Å². The highest BCUT2D eigenvalue weighted by atomic mass is 16.2. The molecular formula is C12H20N2O.